The number of benzene rings is 1. The Balaban J connectivity index is 1.64. The largest absolute Gasteiger partial charge is 0.484 e. The van der Waals surface area contributed by atoms with Crippen molar-refractivity contribution in [2.24, 2.45) is 0 Å². The van der Waals surface area contributed by atoms with Gasteiger partial charge >= 0.3 is 0 Å². The molecule has 0 bridgehead atoms. The standard InChI is InChI=1S/C18H16ClNO3S/c19-15-3-5-16(6-4-15)23-12-18(21)20(10-14-7-9-24-13-14)11-17-2-1-8-22-17/h1-9,13H,10-12H2. The number of nitrogens with zero attached hydrogens (tertiary/aromatic N) is 1. The minimum Gasteiger partial charge on any atom is -0.484 e. The summed E-state index contributed by atoms with van der Waals surface area (Å²) in [6.45, 7) is 0.894. The normalized spacial score (nSPS) is 10.5. The fraction of sp³-hybridized carbons (Fsp3) is 0.167. The number of rotatable bonds is 7. The van der Waals surface area contributed by atoms with Crippen molar-refractivity contribution >= 4 is 28.8 Å². The number of carbonyl (C=O) groups excluding carboxylic acids is 1. The van der Waals surface area contributed by atoms with E-state index in [1.54, 1.807) is 46.8 Å². The second-order valence-corrected chi connectivity index (χ2v) is 6.42. The highest BCUT2D eigenvalue weighted by molar-refractivity contribution is 7.07. The van der Waals surface area contributed by atoms with Gasteiger partial charge < -0.3 is 14.1 Å². The Morgan fingerprint density at radius 3 is 2.67 bits per heavy atom. The number of hydrogen-bond donors (Lipinski definition) is 0. The first kappa shape index (κ1) is 16.6. The van der Waals surface area contributed by atoms with Crippen molar-refractivity contribution in [3.05, 3.63) is 75.8 Å². The van der Waals surface area contributed by atoms with Crippen LogP contribution in [0.4, 0.5) is 0 Å². The van der Waals surface area contributed by atoms with Crippen molar-refractivity contribution in [3.63, 3.8) is 0 Å². The van der Waals surface area contributed by atoms with Gasteiger partial charge in [-0.15, -0.1) is 0 Å². The molecule has 1 amide bonds. The lowest BCUT2D eigenvalue weighted by molar-refractivity contribution is -0.134. The summed E-state index contributed by atoms with van der Waals surface area (Å²) in [5.74, 6) is 1.25. The zero-order valence-corrected chi connectivity index (χ0v) is 14.4. The van der Waals surface area contributed by atoms with E-state index in [-0.39, 0.29) is 12.5 Å². The van der Waals surface area contributed by atoms with Crippen LogP contribution in [0.15, 0.2) is 63.9 Å². The summed E-state index contributed by atoms with van der Waals surface area (Å²) in [5, 5.41) is 4.66. The second-order valence-electron chi connectivity index (χ2n) is 5.20. The molecule has 0 fully saturated rings. The molecule has 0 radical (unpaired) electrons. The average molecular weight is 362 g/mol. The van der Waals surface area contributed by atoms with E-state index in [0.29, 0.717) is 23.9 Å². The van der Waals surface area contributed by atoms with Crippen LogP contribution >= 0.6 is 22.9 Å². The third-order valence-electron chi connectivity index (χ3n) is 3.41. The summed E-state index contributed by atoms with van der Waals surface area (Å²) >= 11 is 7.45. The highest BCUT2D eigenvalue weighted by Gasteiger charge is 2.17. The fourth-order valence-electron chi connectivity index (χ4n) is 2.19. The van der Waals surface area contributed by atoms with Crippen LogP contribution in [0.5, 0.6) is 5.75 Å². The lowest BCUT2D eigenvalue weighted by Crippen LogP contribution is -2.33. The summed E-state index contributed by atoms with van der Waals surface area (Å²) in [6, 6.07) is 12.6. The molecule has 0 aliphatic heterocycles. The van der Waals surface area contributed by atoms with Crippen LogP contribution in [0, 0.1) is 0 Å². The molecule has 3 rings (SSSR count). The van der Waals surface area contributed by atoms with Crippen LogP contribution in [0.3, 0.4) is 0 Å². The van der Waals surface area contributed by atoms with Crippen molar-refractivity contribution < 1.29 is 13.9 Å². The molecule has 0 unspecified atom stereocenters. The monoisotopic (exact) mass is 361 g/mol. The Hall–Kier alpha value is -2.24. The van der Waals surface area contributed by atoms with Crippen molar-refractivity contribution in [3.8, 4) is 5.75 Å². The molecule has 2 aromatic heterocycles. The van der Waals surface area contributed by atoms with E-state index in [4.69, 9.17) is 20.8 Å². The summed E-state index contributed by atoms with van der Waals surface area (Å²) in [5.41, 5.74) is 1.09. The maximum atomic E-state index is 12.6. The molecular weight excluding hydrogens is 346 g/mol. The molecule has 124 valence electrons. The third kappa shape index (κ3) is 4.63. The van der Waals surface area contributed by atoms with E-state index < -0.39 is 0 Å². The first-order chi connectivity index (χ1) is 11.7. The minimum absolute atomic E-state index is 0.0352. The fourth-order valence-corrected chi connectivity index (χ4v) is 2.98. The number of furan rings is 1. The Morgan fingerprint density at radius 2 is 2.00 bits per heavy atom. The van der Waals surface area contributed by atoms with Crippen LogP contribution in [0.2, 0.25) is 5.02 Å². The molecule has 2 heterocycles. The van der Waals surface area contributed by atoms with Gasteiger partial charge in [-0.25, -0.2) is 0 Å². The minimum atomic E-state index is -0.104. The number of halogens is 1. The maximum absolute atomic E-state index is 12.6. The van der Waals surface area contributed by atoms with Gasteiger partial charge in [0.25, 0.3) is 5.91 Å². The SMILES string of the molecule is O=C(COc1ccc(Cl)cc1)N(Cc1ccsc1)Cc1ccco1. The lowest BCUT2D eigenvalue weighted by atomic mass is 10.3. The van der Waals surface area contributed by atoms with Gasteiger partial charge in [-0.2, -0.15) is 11.3 Å². The molecule has 0 aliphatic rings. The zero-order chi connectivity index (χ0) is 16.8. The molecule has 0 spiro atoms. The van der Waals surface area contributed by atoms with Crippen LogP contribution < -0.4 is 4.74 Å². The molecule has 0 saturated heterocycles. The number of carbonyl (C=O) groups is 1. The Labute approximate surface area is 149 Å². The van der Waals surface area contributed by atoms with E-state index >= 15 is 0 Å². The number of hydrogen-bond acceptors (Lipinski definition) is 4. The van der Waals surface area contributed by atoms with E-state index in [2.05, 4.69) is 0 Å². The first-order valence-electron chi connectivity index (χ1n) is 7.40. The molecular formula is C18H16ClNO3S. The van der Waals surface area contributed by atoms with Crippen LogP contribution in [-0.2, 0) is 17.9 Å². The number of amides is 1. The van der Waals surface area contributed by atoms with Gasteiger partial charge in [0.15, 0.2) is 6.61 Å². The maximum Gasteiger partial charge on any atom is 0.261 e. The lowest BCUT2D eigenvalue weighted by Gasteiger charge is -2.21. The first-order valence-corrected chi connectivity index (χ1v) is 8.72. The van der Waals surface area contributed by atoms with Gasteiger partial charge in [-0.1, -0.05) is 11.6 Å². The summed E-state index contributed by atoms with van der Waals surface area (Å²) in [6.07, 6.45) is 1.60. The number of thiophene rings is 1. The summed E-state index contributed by atoms with van der Waals surface area (Å²) < 4.78 is 10.9. The second kappa shape index (κ2) is 8.04. The molecule has 6 heteroatoms. The number of ether oxygens (including phenoxy) is 1. The molecule has 0 saturated carbocycles. The van der Waals surface area contributed by atoms with Crippen molar-refractivity contribution in [1.29, 1.82) is 0 Å². The average Bonchev–Trinajstić information content (AvgIpc) is 3.27. The molecule has 0 atom stereocenters. The molecule has 0 aliphatic carbocycles. The third-order valence-corrected chi connectivity index (χ3v) is 4.39. The topological polar surface area (TPSA) is 42.7 Å². The van der Waals surface area contributed by atoms with Gasteiger partial charge in [-0.3, -0.25) is 4.79 Å². The van der Waals surface area contributed by atoms with Crippen molar-refractivity contribution in [2.45, 2.75) is 13.1 Å². The van der Waals surface area contributed by atoms with Gasteiger partial charge in [0.05, 0.1) is 12.8 Å². The Bertz CT molecular complexity index is 718. The predicted molar refractivity (Wildman–Crippen MR) is 94.2 cm³/mol. The highest BCUT2D eigenvalue weighted by atomic mass is 35.5. The quantitative estimate of drug-likeness (QED) is 0.617. The van der Waals surface area contributed by atoms with Crippen molar-refractivity contribution in [2.75, 3.05) is 6.61 Å². The van der Waals surface area contributed by atoms with E-state index in [9.17, 15) is 4.79 Å². The van der Waals surface area contributed by atoms with Crippen LogP contribution in [0.25, 0.3) is 0 Å². The zero-order valence-electron chi connectivity index (χ0n) is 12.9. The smallest absolute Gasteiger partial charge is 0.261 e. The molecule has 4 nitrogen and oxygen atoms in total. The highest BCUT2D eigenvalue weighted by Crippen LogP contribution is 2.17. The van der Waals surface area contributed by atoms with Crippen molar-refractivity contribution in [1.82, 2.24) is 4.90 Å². The van der Waals surface area contributed by atoms with Crippen LogP contribution in [-0.4, -0.2) is 17.4 Å². The van der Waals surface area contributed by atoms with Gasteiger partial charge in [0.1, 0.15) is 11.5 Å². The predicted octanol–water partition coefficient (Wildman–Crippen LogP) is 4.60. The molecule has 1 aromatic carbocycles. The van der Waals surface area contributed by atoms with E-state index in [0.717, 1.165) is 11.3 Å². The van der Waals surface area contributed by atoms with Gasteiger partial charge in [-0.05, 0) is 58.8 Å². The van der Waals surface area contributed by atoms with E-state index in [1.165, 1.54) is 0 Å². The van der Waals surface area contributed by atoms with E-state index in [1.807, 2.05) is 29.0 Å². The van der Waals surface area contributed by atoms with Crippen LogP contribution in [0.1, 0.15) is 11.3 Å². The molecule has 24 heavy (non-hydrogen) atoms. The Kier molecular flexibility index (Phi) is 5.56. The summed E-state index contributed by atoms with van der Waals surface area (Å²) in [4.78, 5) is 14.3. The van der Waals surface area contributed by atoms with Gasteiger partial charge in [0, 0.05) is 11.6 Å². The van der Waals surface area contributed by atoms with Gasteiger partial charge in [0.2, 0.25) is 0 Å². The Morgan fingerprint density at radius 1 is 1.17 bits per heavy atom. The summed E-state index contributed by atoms with van der Waals surface area (Å²) in [7, 11) is 0. The molecule has 0 N–H and O–H groups in total. The molecule has 3 aromatic rings.